The standard InChI is InChI=1S/C26H29NO2/c1-28-24-14-12-22(13-15-24)19-27-17-16-26(29-20-23-10-6-3-7-11-23)25(27)18-21-8-4-2-5-9-21/h2-15,25-26H,16-20H2,1H3/t25-,26-/m0/s1. The molecule has 4 rings (SSSR count). The first-order chi connectivity index (χ1) is 14.3. The van der Waals surface area contributed by atoms with Crippen molar-refractivity contribution in [2.24, 2.45) is 0 Å². The molecule has 2 atom stereocenters. The van der Waals surface area contributed by atoms with E-state index in [2.05, 4.69) is 71.6 Å². The molecule has 1 saturated heterocycles. The molecule has 1 fully saturated rings. The first-order valence-electron chi connectivity index (χ1n) is 10.4. The van der Waals surface area contributed by atoms with E-state index in [9.17, 15) is 0 Å². The second-order valence-electron chi connectivity index (χ2n) is 7.70. The number of rotatable bonds is 8. The van der Waals surface area contributed by atoms with Crippen molar-refractivity contribution in [3.8, 4) is 5.75 Å². The highest BCUT2D eigenvalue weighted by Crippen LogP contribution is 2.27. The van der Waals surface area contributed by atoms with Crippen LogP contribution in [0.3, 0.4) is 0 Å². The summed E-state index contributed by atoms with van der Waals surface area (Å²) >= 11 is 0. The molecular formula is C26H29NO2. The van der Waals surface area contributed by atoms with Crippen LogP contribution in [0, 0.1) is 0 Å². The van der Waals surface area contributed by atoms with Crippen LogP contribution in [0.5, 0.6) is 5.75 Å². The van der Waals surface area contributed by atoms with E-state index in [-0.39, 0.29) is 6.10 Å². The Kier molecular flexibility index (Phi) is 6.60. The highest BCUT2D eigenvalue weighted by molar-refractivity contribution is 5.27. The summed E-state index contributed by atoms with van der Waals surface area (Å²) in [6.07, 6.45) is 2.32. The van der Waals surface area contributed by atoms with Crippen molar-refractivity contribution in [3.05, 3.63) is 102 Å². The fourth-order valence-electron chi connectivity index (χ4n) is 4.14. The average Bonchev–Trinajstić information content (AvgIpc) is 3.15. The normalized spacial score (nSPS) is 19.3. The van der Waals surface area contributed by atoms with Gasteiger partial charge in [0.2, 0.25) is 0 Å². The number of likely N-dealkylation sites (tertiary alicyclic amines) is 1. The molecule has 0 aromatic heterocycles. The minimum absolute atomic E-state index is 0.244. The molecule has 29 heavy (non-hydrogen) atoms. The summed E-state index contributed by atoms with van der Waals surface area (Å²) in [7, 11) is 1.71. The van der Waals surface area contributed by atoms with Crippen LogP contribution in [0.15, 0.2) is 84.9 Å². The van der Waals surface area contributed by atoms with E-state index in [0.717, 1.165) is 31.7 Å². The topological polar surface area (TPSA) is 21.7 Å². The maximum Gasteiger partial charge on any atom is 0.118 e. The van der Waals surface area contributed by atoms with E-state index < -0.39 is 0 Å². The van der Waals surface area contributed by atoms with Crippen molar-refractivity contribution in [2.45, 2.75) is 38.1 Å². The van der Waals surface area contributed by atoms with Crippen LogP contribution >= 0.6 is 0 Å². The number of ether oxygens (including phenoxy) is 2. The molecule has 0 aliphatic carbocycles. The molecule has 1 aliphatic rings. The third-order valence-electron chi connectivity index (χ3n) is 5.74. The second kappa shape index (κ2) is 9.73. The summed E-state index contributed by atoms with van der Waals surface area (Å²) in [5.41, 5.74) is 3.92. The van der Waals surface area contributed by atoms with Gasteiger partial charge >= 0.3 is 0 Å². The van der Waals surface area contributed by atoms with Gasteiger partial charge in [0, 0.05) is 19.1 Å². The zero-order valence-electron chi connectivity index (χ0n) is 17.0. The fourth-order valence-corrected chi connectivity index (χ4v) is 4.14. The molecule has 1 aliphatic heterocycles. The Labute approximate surface area is 173 Å². The molecular weight excluding hydrogens is 358 g/mol. The van der Waals surface area contributed by atoms with Gasteiger partial charge in [0.05, 0.1) is 19.8 Å². The third kappa shape index (κ3) is 5.26. The lowest BCUT2D eigenvalue weighted by Gasteiger charge is -2.28. The Morgan fingerprint density at radius 2 is 1.45 bits per heavy atom. The summed E-state index contributed by atoms with van der Waals surface area (Å²) < 4.78 is 11.7. The van der Waals surface area contributed by atoms with E-state index in [1.54, 1.807) is 7.11 Å². The summed E-state index contributed by atoms with van der Waals surface area (Å²) in [5, 5.41) is 0. The van der Waals surface area contributed by atoms with Gasteiger partial charge in [-0.1, -0.05) is 72.8 Å². The molecule has 0 amide bonds. The van der Waals surface area contributed by atoms with Crippen LogP contribution in [-0.2, 0) is 24.3 Å². The van der Waals surface area contributed by atoms with Crippen LogP contribution in [0.25, 0.3) is 0 Å². The maximum atomic E-state index is 6.42. The van der Waals surface area contributed by atoms with Crippen molar-refractivity contribution in [1.29, 1.82) is 0 Å². The zero-order valence-corrected chi connectivity index (χ0v) is 17.0. The first kappa shape index (κ1) is 19.7. The van der Waals surface area contributed by atoms with Crippen LogP contribution in [0.1, 0.15) is 23.1 Å². The number of methoxy groups -OCH3 is 1. The molecule has 0 spiro atoms. The Morgan fingerprint density at radius 1 is 0.793 bits per heavy atom. The van der Waals surface area contributed by atoms with E-state index in [0.29, 0.717) is 12.6 Å². The van der Waals surface area contributed by atoms with Crippen LogP contribution in [-0.4, -0.2) is 30.7 Å². The number of hydrogen-bond acceptors (Lipinski definition) is 3. The van der Waals surface area contributed by atoms with E-state index in [1.807, 2.05) is 18.2 Å². The Morgan fingerprint density at radius 3 is 2.10 bits per heavy atom. The highest BCUT2D eigenvalue weighted by Gasteiger charge is 2.34. The average molecular weight is 388 g/mol. The Hall–Kier alpha value is -2.62. The monoisotopic (exact) mass is 387 g/mol. The third-order valence-corrected chi connectivity index (χ3v) is 5.74. The molecule has 150 valence electrons. The predicted octanol–water partition coefficient (Wildman–Crippen LogP) is 5.10. The van der Waals surface area contributed by atoms with Crippen molar-refractivity contribution >= 4 is 0 Å². The van der Waals surface area contributed by atoms with Crippen molar-refractivity contribution in [3.63, 3.8) is 0 Å². The molecule has 3 aromatic carbocycles. The van der Waals surface area contributed by atoms with Crippen molar-refractivity contribution in [2.75, 3.05) is 13.7 Å². The van der Waals surface area contributed by atoms with Crippen molar-refractivity contribution < 1.29 is 9.47 Å². The van der Waals surface area contributed by atoms with Gasteiger partial charge < -0.3 is 9.47 Å². The summed E-state index contributed by atoms with van der Waals surface area (Å²) in [6, 6.07) is 30.0. The molecule has 0 saturated carbocycles. The lowest BCUT2D eigenvalue weighted by molar-refractivity contribution is 0.0146. The van der Waals surface area contributed by atoms with Crippen LogP contribution in [0.2, 0.25) is 0 Å². The molecule has 0 N–H and O–H groups in total. The molecule has 1 heterocycles. The molecule has 0 bridgehead atoms. The number of benzene rings is 3. The number of nitrogens with zero attached hydrogens (tertiary/aromatic N) is 1. The van der Waals surface area contributed by atoms with Gasteiger partial charge in [0.1, 0.15) is 5.75 Å². The summed E-state index contributed by atoms with van der Waals surface area (Å²) in [6.45, 7) is 2.67. The lowest BCUT2D eigenvalue weighted by Crippen LogP contribution is -2.37. The molecule has 0 unspecified atom stereocenters. The van der Waals surface area contributed by atoms with E-state index in [1.165, 1.54) is 16.7 Å². The largest absolute Gasteiger partial charge is 0.497 e. The molecule has 3 heteroatoms. The minimum Gasteiger partial charge on any atom is -0.497 e. The highest BCUT2D eigenvalue weighted by atomic mass is 16.5. The smallest absolute Gasteiger partial charge is 0.118 e. The van der Waals surface area contributed by atoms with Gasteiger partial charge in [-0.05, 0) is 41.7 Å². The summed E-state index contributed by atoms with van der Waals surface area (Å²) in [4.78, 5) is 2.57. The molecule has 3 aromatic rings. The molecule has 3 nitrogen and oxygen atoms in total. The van der Waals surface area contributed by atoms with Crippen LogP contribution in [0.4, 0.5) is 0 Å². The minimum atomic E-state index is 0.244. The van der Waals surface area contributed by atoms with Gasteiger partial charge in [0.25, 0.3) is 0 Å². The number of hydrogen-bond donors (Lipinski definition) is 0. The van der Waals surface area contributed by atoms with E-state index in [4.69, 9.17) is 9.47 Å². The van der Waals surface area contributed by atoms with Gasteiger partial charge in [-0.3, -0.25) is 4.90 Å². The fraction of sp³-hybridized carbons (Fsp3) is 0.308. The lowest BCUT2D eigenvalue weighted by atomic mass is 10.0. The van der Waals surface area contributed by atoms with Gasteiger partial charge in [-0.15, -0.1) is 0 Å². The summed E-state index contributed by atoms with van der Waals surface area (Å²) in [5.74, 6) is 0.903. The Balaban J connectivity index is 1.46. The van der Waals surface area contributed by atoms with Gasteiger partial charge in [0.15, 0.2) is 0 Å². The Bertz CT molecular complexity index is 864. The zero-order chi connectivity index (χ0) is 19.9. The second-order valence-corrected chi connectivity index (χ2v) is 7.70. The van der Waals surface area contributed by atoms with Crippen LogP contribution < -0.4 is 4.74 Å². The van der Waals surface area contributed by atoms with Gasteiger partial charge in [-0.25, -0.2) is 0 Å². The van der Waals surface area contributed by atoms with E-state index >= 15 is 0 Å². The predicted molar refractivity (Wildman–Crippen MR) is 117 cm³/mol. The van der Waals surface area contributed by atoms with Gasteiger partial charge in [-0.2, -0.15) is 0 Å². The molecule has 0 radical (unpaired) electrons. The maximum absolute atomic E-state index is 6.42. The SMILES string of the molecule is COc1ccc(CN2CC[C@H](OCc3ccccc3)[C@@H]2Cc2ccccc2)cc1. The quantitative estimate of drug-likeness (QED) is 0.537. The first-order valence-corrected chi connectivity index (χ1v) is 10.4. The van der Waals surface area contributed by atoms with Crippen molar-refractivity contribution in [1.82, 2.24) is 4.90 Å².